The van der Waals surface area contributed by atoms with E-state index in [2.05, 4.69) is 27.6 Å². The molecule has 3 aromatic rings. The number of hydrogen-bond donors (Lipinski definition) is 1. The fourth-order valence-electron chi connectivity index (χ4n) is 2.47. The van der Waals surface area contributed by atoms with Crippen molar-refractivity contribution in [2.45, 2.75) is 30.7 Å². The first-order valence-corrected chi connectivity index (χ1v) is 9.37. The van der Waals surface area contributed by atoms with Gasteiger partial charge in [0.2, 0.25) is 5.91 Å². The standard InChI is InChI=1S/C20H22N4OS/c1-14-9-11-17(12-10-14)21-19(25)15(2)26-20-23-22-18(24(20)3)13-16-7-5-4-6-8-16/h4-12,15H,13H2,1-3H3,(H,21,25)/t15-/m1/s1. The molecule has 0 saturated heterocycles. The molecular formula is C20H22N4OS. The summed E-state index contributed by atoms with van der Waals surface area (Å²) in [5, 5.41) is 11.9. The third kappa shape index (κ3) is 4.52. The van der Waals surface area contributed by atoms with E-state index in [1.54, 1.807) is 0 Å². The van der Waals surface area contributed by atoms with E-state index in [-0.39, 0.29) is 11.2 Å². The Morgan fingerprint density at radius 1 is 1.12 bits per heavy atom. The van der Waals surface area contributed by atoms with E-state index in [0.29, 0.717) is 0 Å². The molecule has 0 aliphatic carbocycles. The molecule has 0 saturated carbocycles. The van der Waals surface area contributed by atoms with Gasteiger partial charge in [-0.2, -0.15) is 0 Å². The first kappa shape index (κ1) is 18.2. The van der Waals surface area contributed by atoms with Crippen molar-refractivity contribution in [3.63, 3.8) is 0 Å². The Hall–Kier alpha value is -2.60. The lowest BCUT2D eigenvalue weighted by Gasteiger charge is -2.12. The quantitative estimate of drug-likeness (QED) is 0.674. The highest BCUT2D eigenvalue weighted by Crippen LogP contribution is 2.23. The van der Waals surface area contributed by atoms with E-state index in [0.717, 1.165) is 28.7 Å². The average molecular weight is 366 g/mol. The number of rotatable bonds is 6. The Morgan fingerprint density at radius 2 is 1.81 bits per heavy atom. The summed E-state index contributed by atoms with van der Waals surface area (Å²) >= 11 is 1.41. The van der Waals surface area contributed by atoms with Crippen LogP contribution in [0.5, 0.6) is 0 Å². The van der Waals surface area contributed by atoms with E-state index >= 15 is 0 Å². The van der Waals surface area contributed by atoms with Crippen LogP contribution in [0.25, 0.3) is 0 Å². The summed E-state index contributed by atoms with van der Waals surface area (Å²) in [4.78, 5) is 12.4. The van der Waals surface area contributed by atoms with E-state index in [1.165, 1.54) is 17.3 Å². The zero-order chi connectivity index (χ0) is 18.5. The summed E-state index contributed by atoms with van der Waals surface area (Å²) < 4.78 is 1.95. The molecule has 26 heavy (non-hydrogen) atoms. The lowest BCUT2D eigenvalue weighted by atomic mass is 10.1. The van der Waals surface area contributed by atoms with Crippen molar-refractivity contribution in [2.75, 3.05) is 5.32 Å². The van der Waals surface area contributed by atoms with Crippen LogP contribution in [0.2, 0.25) is 0 Å². The number of carbonyl (C=O) groups is 1. The molecule has 1 amide bonds. The molecular weight excluding hydrogens is 344 g/mol. The molecule has 1 atom stereocenters. The van der Waals surface area contributed by atoms with Crippen LogP contribution in [0.4, 0.5) is 5.69 Å². The van der Waals surface area contributed by atoms with Crippen molar-refractivity contribution in [3.05, 3.63) is 71.5 Å². The van der Waals surface area contributed by atoms with Gasteiger partial charge in [-0.3, -0.25) is 4.79 Å². The van der Waals surface area contributed by atoms with Crippen LogP contribution >= 0.6 is 11.8 Å². The molecule has 1 heterocycles. The summed E-state index contributed by atoms with van der Waals surface area (Å²) in [6.07, 6.45) is 0.717. The Kier molecular flexibility index (Phi) is 5.73. The lowest BCUT2D eigenvalue weighted by molar-refractivity contribution is -0.115. The van der Waals surface area contributed by atoms with Gasteiger partial charge in [-0.25, -0.2) is 0 Å². The molecule has 0 aliphatic rings. The van der Waals surface area contributed by atoms with Gasteiger partial charge in [-0.05, 0) is 31.5 Å². The van der Waals surface area contributed by atoms with Gasteiger partial charge in [-0.1, -0.05) is 59.8 Å². The van der Waals surface area contributed by atoms with Gasteiger partial charge in [0.05, 0.1) is 5.25 Å². The lowest BCUT2D eigenvalue weighted by Crippen LogP contribution is -2.22. The van der Waals surface area contributed by atoms with Gasteiger partial charge in [-0.15, -0.1) is 10.2 Å². The van der Waals surface area contributed by atoms with Crippen LogP contribution in [0.3, 0.4) is 0 Å². The predicted octanol–water partition coefficient (Wildman–Crippen LogP) is 3.83. The van der Waals surface area contributed by atoms with Crippen LogP contribution in [-0.4, -0.2) is 25.9 Å². The van der Waals surface area contributed by atoms with Crippen LogP contribution in [-0.2, 0) is 18.3 Å². The minimum absolute atomic E-state index is 0.0496. The summed E-state index contributed by atoms with van der Waals surface area (Å²) in [5.41, 5.74) is 3.15. The second kappa shape index (κ2) is 8.19. The Labute approximate surface area is 157 Å². The van der Waals surface area contributed by atoms with Crippen molar-refractivity contribution < 1.29 is 4.79 Å². The number of carbonyl (C=O) groups excluding carboxylic acids is 1. The maximum Gasteiger partial charge on any atom is 0.237 e. The van der Waals surface area contributed by atoms with Crippen molar-refractivity contribution >= 4 is 23.4 Å². The molecule has 6 heteroatoms. The SMILES string of the molecule is Cc1ccc(NC(=O)[C@@H](C)Sc2nnc(Cc3ccccc3)n2C)cc1. The van der Waals surface area contributed by atoms with Crippen LogP contribution in [0.1, 0.15) is 23.9 Å². The zero-order valence-corrected chi connectivity index (χ0v) is 16.0. The molecule has 0 fully saturated rings. The molecule has 3 rings (SSSR count). The van der Waals surface area contributed by atoms with Crippen molar-refractivity contribution in [1.82, 2.24) is 14.8 Å². The van der Waals surface area contributed by atoms with Gasteiger partial charge in [0.25, 0.3) is 0 Å². The molecule has 0 spiro atoms. The first-order valence-electron chi connectivity index (χ1n) is 8.49. The Bertz CT molecular complexity index is 875. The normalized spacial score (nSPS) is 12.0. The Balaban J connectivity index is 1.63. The minimum Gasteiger partial charge on any atom is -0.325 e. The van der Waals surface area contributed by atoms with E-state index in [1.807, 2.05) is 67.9 Å². The van der Waals surface area contributed by atoms with Crippen LogP contribution < -0.4 is 5.32 Å². The van der Waals surface area contributed by atoms with Crippen LogP contribution in [0, 0.1) is 6.92 Å². The van der Waals surface area contributed by atoms with Crippen molar-refractivity contribution in [1.29, 1.82) is 0 Å². The van der Waals surface area contributed by atoms with Gasteiger partial charge in [0, 0.05) is 19.2 Å². The number of thioether (sulfide) groups is 1. The highest BCUT2D eigenvalue weighted by molar-refractivity contribution is 8.00. The van der Waals surface area contributed by atoms with Crippen LogP contribution in [0.15, 0.2) is 59.8 Å². The molecule has 1 N–H and O–H groups in total. The highest BCUT2D eigenvalue weighted by atomic mass is 32.2. The van der Waals surface area contributed by atoms with Gasteiger partial charge >= 0.3 is 0 Å². The molecule has 5 nitrogen and oxygen atoms in total. The van der Waals surface area contributed by atoms with Gasteiger partial charge < -0.3 is 9.88 Å². The fraction of sp³-hybridized carbons (Fsp3) is 0.250. The second-order valence-corrected chi connectivity index (χ2v) is 7.54. The number of amides is 1. The second-order valence-electron chi connectivity index (χ2n) is 6.24. The van der Waals surface area contributed by atoms with E-state index < -0.39 is 0 Å². The molecule has 0 unspecified atom stereocenters. The first-order chi connectivity index (χ1) is 12.5. The number of aryl methyl sites for hydroxylation is 1. The minimum atomic E-state index is -0.274. The highest BCUT2D eigenvalue weighted by Gasteiger charge is 2.19. The van der Waals surface area contributed by atoms with E-state index in [9.17, 15) is 4.79 Å². The number of benzene rings is 2. The fourth-order valence-corrected chi connectivity index (χ4v) is 3.31. The summed E-state index contributed by atoms with van der Waals surface area (Å²) in [6, 6.07) is 17.9. The number of nitrogens with zero attached hydrogens (tertiary/aromatic N) is 3. The molecule has 2 aromatic carbocycles. The summed E-state index contributed by atoms with van der Waals surface area (Å²) in [6.45, 7) is 3.89. The predicted molar refractivity (Wildman–Crippen MR) is 105 cm³/mol. The number of anilines is 1. The van der Waals surface area contributed by atoms with E-state index in [4.69, 9.17) is 0 Å². The smallest absolute Gasteiger partial charge is 0.237 e. The average Bonchev–Trinajstić information content (AvgIpc) is 2.98. The van der Waals surface area contributed by atoms with Crippen molar-refractivity contribution in [2.24, 2.45) is 7.05 Å². The number of aromatic nitrogens is 3. The molecule has 0 aliphatic heterocycles. The maximum absolute atomic E-state index is 12.4. The van der Waals surface area contributed by atoms with Gasteiger partial charge in [0.1, 0.15) is 5.82 Å². The summed E-state index contributed by atoms with van der Waals surface area (Å²) in [7, 11) is 1.94. The third-order valence-corrected chi connectivity index (χ3v) is 5.23. The third-order valence-electron chi connectivity index (χ3n) is 4.10. The Morgan fingerprint density at radius 3 is 2.50 bits per heavy atom. The topological polar surface area (TPSA) is 59.8 Å². The maximum atomic E-state index is 12.4. The molecule has 1 aromatic heterocycles. The summed E-state index contributed by atoms with van der Waals surface area (Å²) in [5.74, 6) is 0.830. The molecule has 0 bridgehead atoms. The van der Waals surface area contributed by atoms with Crippen molar-refractivity contribution in [3.8, 4) is 0 Å². The monoisotopic (exact) mass is 366 g/mol. The molecule has 0 radical (unpaired) electrons. The molecule has 134 valence electrons. The number of nitrogens with one attached hydrogen (secondary N) is 1. The van der Waals surface area contributed by atoms with Gasteiger partial charge in [0.15, 0.2) is 5.16 Å². The number of hydrogen-bond acceptors (Lipinski definition) is 4. The zero-order valence-electron chi connectivity index (χ0n) is 15.1. The largest absolute Gasteiger partial charge is 0.325 e.